The molecule has 1 aliphatic rings. The Balaban J connectivity index is 2.42. The summed E-state index contributed by atoms with van der Waals surface area (Å²) >= 11 is 11.6. The van der Waals surface area contributed by atoms with Crippen LogP contribution in [-0.2, 0) is 0 Å². The van der Waals surface area contributed by atoms with Crippen LogP contribution in [0.25, 0.3) is 0 Å². The summed E-state index contributed by atoms with van der Waals surface area (Å²) in [6.07, 6.45) is 0. The first-order valence-corrected chi connectivity index (χ1v) is 5.96. The summed E-state index contributed by atoms with van der Waals surface area (Å²) in [5, 5.41) is 9.19. The quantitative estimate of drug-likeness (QED) is 0.784. The lowest BCUT2D eigenvalue weighted by Gasteiger charge is -2.14. The number of rotatable bonds is 2. The topological polar surface area (TPSA) is 61.2 Å². The largest absolute Gasteiger partial charge is 0.273 e. The molecule has 0 unspecified atom stereocenters. The Morgan fingerprint density at radius 3 is 2.06 bits per heavy atom. The van der Waals surface area contributed by atoms with Gasteiger partial charge in [0.25, 0.3) is 11.8 Å². The number of halogens is 2. The van der Waals surface area contributed by atoms with Crippen molar-refractivity contribution in [3.8, 4) is 6.07 Å². The molecule has 4 nitrogen and oxygen atoms in total. The molecule has 92 valence electrons. The Morgan fingerprint density at radius 2 is 1.67 bits per heavy atom. The van der Waals surface area contributed by atoms with E-state index in [1.54, 1.807) is 6.92 Å². The van der Waals surface area contributed by atoms with Gasteiger partial charge in [0, 0.05) is 6.54 Å². The summed E-state index contributed by atoms with van der Waals surface area (Å²) in [4.78, 5) is 25.1. The van der Waals surface area contributed by atoms with Crippen molar-refractivity contribution in [1.82, 2.24) is 4.90 Å². The van der Waals surface area contributed by atoms with E-state index < -0.39 is 17.7 Å². The van der Waals surface area contributed by atoms with Crippen LogP contribution in [0, 0.1) is 17.2 Å². The average molecular weight is 283 g/mol. The van der Waals surface area contributed by atoms with Crippen molar-refractivity contribution < 1.29 is 9.59 Å². The van der Waals surface area contributed by atoms with E-state index in [0.29, 0.717) is 0 Å². The Hall–Kier alpha value is -1.57. The monoisotopic (exact) mass is 282 g/mol. The van der Waals surface area contributed by atoms with Gasteiger partial charge in [-0.15, -0.1) is 0 Å². The van der Waals surface area contributed by atoms with E-state index >= 15 is 0 Å². The minimum absolute atomic E-state index is 0.0675. The lowest BCUT2D eigenvalue weighted by molar-refractivity contribution is 0.0643. The Morgan fingerprint density at radius 1 is 1.22 bits per heavy atom. The Kier molecular flexibility index (Phi) is 3.29. The van der Waals surface area contributed by atoms with Crippen molar-refractivity contribution in [2.75, 3.05) is 6.54 Å². The van der Waals surface area contributed by atoms with E-state index in [0.717, 1.165) is 4.90 Å². The number of benzene rings is 1. The second-order valence-corrected chi connectivity index (χ2v) is 4.88. The summed E-state index contributed by atoms with van der Waals surface area (Å²) in [6.45, 7) is 1.71. The second kappa shape index (κ2) is 4.60. The number of hydrogen-bond acceptors (Lipinski definition) is 3. The van der Waals surface area contributed by atoms with Crippen LogP contribution in [0.2, 0.25) is 10.0 Å². The van der Waals surface area contributed by atoms with Crippen molar-refractivity contribution in [3.05, 3.63) is 33.3 Å². The molecule has 18 heavy (non-hydrogen) atoms. The first-order valence-electron chi connectivity index (χ1n) is 5.20. The number of hydrogen-bond donors (Lipinski definition) is 0. The van der Waals surface area contributed by atoms with Gasteiger partial charge in [0.05, 0.1) is 33.2 Å². The second-order valence-electron chi connectivity index (χ2n) is 4.06. The van der Waals surface area contributed by atoms with Crippen molar-refractivity contribution in [2.45, 2.75) is 6.92 Å². The summed E-state index contributed by atoms with van der Waals surface area (Å²) in [6, 6.07) is 4.76. The smallest absolute Gasteiger partial charge is 0.261 e. The highest BCUT2D eigenvalue weighted by Gasteiger charge is 2.36. The third kappa shape index (κ3) is 1.96. The molecule has 0 bridgehead atoms. The van der Waals surface area contributed by atoms with Crippen molar-refractivity contribution in [1.29, 1.82) is 5.26 Å². The minimum Gasteiger partial charge on any atom is -0.273 e. The summed E-state index contributed by atoms with van der Waals surface area (Å²) in [5.41, 5.74) is 0.471. The normalized spacial score (nSPS) is 15.6. The molecule has 0 spiro atoms. The molecule has 0 radical (unpaired) electrons. The molecular weight excluding hydrogens is 275 g/mol. The van der Waals surface area contributed by atoms with Gasteiger partial charge in [0.2, 0.25) is 0 Å². The number of nitriles is 1. The first-order chi connectivity index (χ1) is 8.45. The lowest BCUT2D eigenvalue weighted by Crippen LogP contribution is -2.33. The molecule has 2 rings (SSSR count). The molecule has 2 amide bonds. The van der Waals surface area contributed by atoms with E-state index in [1.165, 1.54) is 12.1 Å². The predicted octanol–water partition coefficient (Wildman–Crippen LogP) is 2.75. The number of amides is 2. The van der Waals surface area contributed by atoms with Crippen LogP contribution in [0.1, 0.15) is 27.6 Å². The highest BCUT2D eigenvalue weighted by molar-refractivity contribution is 6.43. The van der Waals surface area contributed by atoms with E-state index in [2.05, 4.69) is 0 Å². The van der Waals surface area contributed by atoms with Crippen LogP contribution < -0.4 is 0 Å². The highest BCUT2D eigenvalue weighted by atomic mass is 35.5. The third-order valence-electron chi connectivity index (χ3n) is 2.69. The van der Waals surface area contributed by atoms with Crippen molar-refractivity contribution in [2.24, 2.45) is 5.92 Å². The maximum absolute atomic E-state index is 12.0. The fraction of sp³-hybridized carbons (Fsp3) is 0.250. The molecule has 0 N–H and O–H groups in total. The molecular formula is C12H8Cl2N2O2. The van der Waals surface area contributed by atoms with Crippen molar-refractivity contribution >= 4 is 35.0 Å². The molecule has 0 fully saturated rings. The molecule has 0 saturated carbocycles. The van der Waals surface area contributed by atoms with E-state index in [-0.39, 0.29) is 27.7 Å². The van der Waals surface area contributed by atoms with Gasteiger partial charge < -0.3 is 0 Å². The minimum atomic E-state index is -0.435. The van der Waals surface area contributed by atoms with Gasteiger partial charge in [0.1, 0.15) is 0 Å². The highest BCUT2D eigenvalue weighted by Crippen LogP contribution is 2.31. The van der Waals surface area contributed by atoms with Gasteiger partial charge in [-0.25, -0.2) is 0 Å². The van der Waals surface area contributed by atoms with Gasteiger partial charge in [-0.05, 0) is 19.1 Å². The van der Waals surface area contributed by atoms with Gasteiger partial charge in [-0.2, -0.15) is 5.26 Å². The number of nitrogens with zero attached hydrogens (tertiary/aromatic N) is 2. The first kappa shape index (κ1) is 12.9. The standard InChI is InChI=1S/C12H8Cl2N2O2/c1-6(4-15)5-16-11(17)7-2-9(13)10(14)3-8(7)12(16)18/h2-3,6H,5H2,1H3/t6-/m1/s1. The Bertz CT molecular complexity index is 551. The SMILES string of the molecule is C[C@H](C#N)CN1C(=O)c2cc(Cl)c(Cl)cc2C1=O. The zero-order chi connectivity index (χ0) is 13.4. The van der Waals surface area contributed by atoms with Gasteiger partial charge in [-0.1, -0.05) is 23.2 Å². The van der Waals surface area contributed by atoms with Crippen LogP contribution in [-0.4, -0.2) is 23.3 Å². The fourth-order valence-corrected chi connectivity index (χ4v) is 2.09. The third-order valence-corrected chi connectivity index (χ3v) is 3.41. The molecule has 1 aromatic rings. The van der Waals surface area contributed by atoms with E-state index in [4.69, 9.17) is 28.5 Å². The summed E-state index contributed by atoms with van der Waals surface area (Å²) in [7, 11) is 0. The maximum Gasteiger partial charge on any atom is 0.261 e. The molecule has 6 heteroatoms. The van der Waals surface area contributed by atoms with Crippen molar-refractivity contribution in [3.63, 3.8) is 0 Å². The van der Waals surface area contributed by atoms with Crippen LogP contribution in [0.5, 0.6) is 0 Å². The average Bonchev–Trinajstić information content (AvgIpc) is 2.55. The van der Waals surface area contributed by atoms with Crippen LogP contribution in [0.15, 0.2) is 12.1 Å². The molecule has 1 heterocycles. The van der Waals surface area contributed by atoms with Crippen LogP contribution in [0.4, 0.5) is 0 Å². The zero-order valence-electron chi connectivity index (χ0n) is 9.41. The summed E-state index contributed by atoms with van der Waals surface area (Å²) in [5.74, 6) is -1.29. The molecule has 1 aliphatic heterocycles. The lowest BCUT2D eigenvalue weighted by atomic mass is 10.1. The number of carbonyl (C=O) groups excluding carboxylic acids is 2. The molecule has 0 aromatic heterocycles. The predicted molar refractivity (Wildman–Crippen MR) is 66.6 cm³/mol. The summed E-state index contributed by atoms with van der Waals surface area (Å²) < 4.78 is 0. The van der Waals surface area contributed by atoms with Crippen LogP contribution >= 0.6 is 23.2 Å². The zero-order valence-corrected chi connectivity index (χ0v) is 10.9. The number of carbonyl (C=O) groups is 2. The van der Waals surface area contributed by atoms with Gasteiger partial charge >= 0.3 is 0 Å². The fourth-order valence-electron chi connectivity index (χ4n) is 1.76. The van der Waals surface area contributed by atoms with E-state index in [9.17, 15) is 9.59 Å². The molecule has 0 saturated heterocycles. The number of fused-ring (bicyclic) bond motifs is 1. The van der Waals surface area contributed by atoms with Gasteiger partial charge in [-0.3, -0.25) is 14.5 Å². The Labute approximate surface area is 114 Å². The van der Waals surface area contributed by atoms with E-state index in [1.807, 2.05) is 6.07 Å². The number of imide groups is 1. The maximum atomic E-state index is 12.0. The molecule has 1 atom stereocenters. The molecule has 0 aliphatic carbocycles. The van der Waals surface area contributed by atoms with Crippen LogP contribution in [0.3, 0.4) is 0 Å². The molecule has 1 aromatic carbocycles. The van der Waals surface area contributed by atoms with Gasteiger partial charge in [0.15, 0.2) is 0 Å².